The maximum atomic E-state index is 12.6. The van der Waals surface area contributed by atoms with Crippen LogP contribution in [0.4, 0.5) is 0 Å². The Labute approximate surface area is 150 Å². The van der Waals surface area contributed by atoms with Crippen LogP contribution in [-0.2, 0) is 27.2 Å². The van der Waals surface area contributed by atoms with Gasteiger partial charge in [0.2, 0.25) is 0 Å². The van der Waals surface area contributed by atoms with Gasteiger partial charge in [-0.05, 0) is 12.8 Å². The normalized spacial score (nSPS) is 21.4. The first kappa shape index (κ1) is 23.3. The third-order valence-electron chi connectivity index (χ3n) is 3.93. The molecule has 0 N–H and O–H groups in total. The van der Waals surface area contributed by atoms with Crippen molar-refractivity contribution in [2.24, 2.45) is 11.3 Å². The summed E-state index contributed by atoms with van der Waals surface area (Å²) in [5, 5.41) is 0. The lowest BCUT2D eigenvalue weighted by Gasteiger charge is -2.39. The van der Waals surface area contributed by atoms with Crippen LogP contribution in [0.1, 0.15) is 66.2 Å². The monoisotopic (exact) mass is 400 g/mol. The molecule has 0 aromatic heterocycles. The second-order valence-corrected chi connectivity index (χ2v) is 9.96. The van der Waals surface area contributed by atoms with Gasteiger partial charge in [-0.1, -0.05) is 53.4 Å². The fraction of sp³-hybridized carbons (Fsp3) is 1.00. The minimum absolute atomic E-state index is 0.137. The fourth-order valence-corrected chi connectivity index (χ4v) is 4.66. The van der Waals surface area contributed by atoms with E-state index in [0.29, 0.717) is 12.8 Å². The average molecular weight is 400 g/mol. The lowest BCUT2D eigenvalue weighted by molar-refractivity contribution is -0.352. The van der Waals surface area contributed by atoms with E-state index < -0.39 is 21.9 Å². The summed E-state index contributed by atoms with van der Waals surface area (Å²) in [7, 11) is -9.30. The van der Waals surface area contributed by atoms with Gasteiger partial charge in [-0.3, -0.25) is 13.6 Å². The second kappa shape index (κ2) is 9.95. The minimum Gasteiger partial charge on any atom is -0.790 e. The smallest absolute Gasteiger partial charge is 0.477 e. The van der Waals surface area contributed by atoms with Crippen LogP contribution in [0.5, 0.6) is 0 Å². The van der Waals surface area contributed by atoms with E-state index in [2.05, 4.69) is 4.52 Å². The summed E-state index contributed by atoms with van der Waals surface area (Å²) >= 11 is 0. The molecule has 1 unspecified atom stereocenters. The number of phosphoric ester groups is 2. The van der Waals surface area contributed by atoms with Crippen LogP contribution in [0.2, 0.25) is 0 Å². The largest absolute Gasteiger partial charge is 0.790 e. The Morgan fingerprint density at radius 1 is 1.12 bits per heavy atom. The topological polar surface area (TPSA) is 117 Å². The summed E-state index contributed by atoms with van der Waals surface area (Å²) in [6.45, 7) is 8.02. The maximum absolute atomic E-state index is 12.6. The van der Waals surface area contributed by atoms with E-state index in [1.807, 2.05) is 27.7 Å². The highest BCUT2D eigenvalue weighted by Crippen LogP contribution is 2.57. The summed E-state index contributed by atoms with van der Waals surface area (Å²) in [6.07, 6.45) is 3.10. The molecule has 8 nitrogen and oxygen atoms in total. The number of hydrogen-bond donors (Lipinski definition) is 0. The summed E-state index contributed by atoms with van der Waals surface area (Å²) in [4.78, 5) is 22.3. The van der Waals surface area contributed by atoms with Crippen LogP contribution in [0.3, 0.4) is 0 Å². The van der Waals surface area contributed by atoms with Gasteiger partial charge in [0.15, 0.2) is 6.29 Å². The Balaban J connectivity index is 2.89. The molecular formula is C15H30O8P2-2. The minimum atomic E-state index is -5.32. The van der Waals surface area contributed by atoms with Crippen LogP contribution < -0.4 is 9.79 Å². The summed E-state index contributed by atoms with van der Waals surface area (Å²) in [5.41, 5.74) is -0.330. The molecule has 0 bridgehead atoms. The Kier molecular flexibility index (Phi) is 9.26. The summed E-state index contributed by atoms with van der Waals surface area (Å²) < 4.78 is 44.1. The Bertz CT molecular complexity index is 468. The number of hydrogen-bond acceptors (Lipinski definition) is 8. The van der Waals surface area contributed by atoms with E-state index in [1.165, 1.54) is 0 Å². The molecule has 0 spiro atoms. The predicted octanol–water partition coefficient (Wildman–Crippen LogP) is 3.35. The van der Waals surface area contributed by atoms with Crippen LogP contribution >= 0.6 is 15.6 Å². The maximum Gasteiger partial charge on any atom is 0.477 e. The first-order valence-corrected chi connectivity index (χ1v) is 11.7. The lowest BCUT2D eigenvalue weighted by Crippen LogP contribution is -2.34. The van der Waals surface area contributed by atoms with Crippen LogP contribution in [0.15, 0.2) is 0 Å². The standard InChI is InChI=1S/C15H32O8P2/c1-5-7-9-13(10-8-6-2)14(22-24(16,17)18)23-25(19)20-11-15(3,4)12-21-25/h13-14H,5-12H2,1-4H3,(H2,16,17,18)/p-2. The Morgan fingerprint density at radius 2 is 1.60 bits per heavy atom. The van der Waals surface area contributed by atoms with Crippen molar-refractivity contribution in [1.82, 2.24) is 0 Å². The zero-order chi connectivity index (χ0) is 19.1. The highest BCUT2D eigenvalue weighted by Gasteiger charge is 2.42. The van der Waals surface area contributed by atoms with Crippen molar-refractivity contribution in [3.63, 3.8) is 0 Å². The van der Waals surface area contributed by atoms with Gasteiger partial charge in [-0.2, -0.15) is 0 Å². The average Bonchev–Trinajstić information content (AvgIpc) is 2.49. The molecule has 1 fully saturated rings. The van der Waals surface area contributed by atoms with Crippen molar-refractivity contribution in [3.05, 3.63) is 0 Å². The molecule has 1 saturated heterocycles. The highest BCUT2D eigenvalue weighted by atomic mass is 31.2. The molecule has 1 rings (SSSR count). The zero-order valence-corrected chi connectivity index (χ0v) is 17.3. The Morgan fingerprint density at radius 3 is 2.00 bits per heavy atom. The lowest BCUT2D eigenvalue weighted by atomic mass is 9.95. The number of unbranched alkanes of at least 4 members (excludes halogenated alkanes) is 2. The molecule has 10 heteroatoms. The molecule has 1 heterocycles. The van der Waals surface area contributed by atoms with Gasteiger partial charge in [0.1, 0.15) is 0 Å². The van der Waals surface area contributed by atoms with E-state index >= 15 is 0 Å². The van der Waals surface area contributed by atoms with Gasteiger partial charge >= 0.3 is 7.82 Å². The van der Waals surface area contributed by atoms with Gasteiger partial charge in [0.25, 0.3) is 0 Å². The summed E-state index contributed by atoms with van der Waals surface area (Å²) in [5.74, 6) is -0.385. The Hall–Kier alpha value is 0.220. The zero-order valence-electron chi connectivity index (χ0n) is 15.5. The molecule has 0 aliphatic carbocycles. The molecule has 0 aromatic carbocycles. The molecular weight excluding hydrogens is 370 g/mol. The predicted molar refractivity (Wildman–Crippen MR) is 89.4 cm³/mol. The van der Waals surface area contributed by atoms with Crippen molar-refractivity contribution in [1.29, 1.82) is 0 Å². The van der Waals surface area contributed by atoms with Crippen molar-refractivity contribution < 1.29 is 37.0 Å². The van der Waals surface area contributed by atoms with Gasteiger partial charge in [-0.15, -0.1) is 0 Å². The number of phosphoric acid groups is 2. The summed E-state index contributed by atoms with van der Waals surface area (Å²) in [6, 6.07) is 0. The van der Waals surface area contributed by atoms with Crippen molar-refractivity contribution in [2.45, 2.75) is 72.5 Å². The first-order chi connectivity index (χ1) is 11.5. The van der Waals surface area contributed by atoms with Crippen molar-refractivity contribution in [2.75, 3.05) is 13.2 Å². The first-order valence-electron chi connectivity index (χ1n) is 8.78. The van der Waals surface area contributed by atoms with Crippen LogP contribution in [-0.4, -0.2) is 19.5 Å². The van der Waals surface area contributed by atoms with E-state index in [0.717, 1.165) is 25.7 Å². The SMILES string of the molecule is CCCCC(CCCC)C(OP(=O)([O-])[O-])OP1(=O)OCC(C)(C)CO1. The highest BCUT2D eigenvalue weighted by molar-refractivity contribution is 7.48. The fourth-order valence-electron chi connectivity index (χ4n) is 2.44. The molecule has 0 radical (unpaired) electrons. The van der Waals surface area contributed by atoms with Gasteiger partial charge in [0.05, 0.1) is 21.0 Å². The van der Waals surface area contributed by atoms with Crippen molar-refractivity contribution in [3.8, 4) is 0 Å². The molecule has 0 amide bonds. The molecule has 1 atom stereocenters. The van der Waals surface area contributed by atoms with Crippen molar-refractivity contribution >= 4 is 15.6 Å². The van der Waals surface area contributed by atoms with Gasteiger partial charge < -0.3 is 18.9 Å². The van der Waals surface area contributed by atoms with Gasteiger partial charge in [0, 0.05) is 11.3 Å². The van der Waals surface area contributed by atoms with Crippen LogP contribution in [0.25, 0.3) is 0 Å². The van der Waals surface area contributed by atoms with Crippen LogP contribution in [0, 0.1) is 11.3 Å². The molecule has 1 aliphatic rings. The number of rotatable bonds is 11. The van der Waals surface area contributed by atoms with E-state index in [1.54, 1.807) is 0 Å². The molecule has 25 heavy (non-hydrogen) atoms. The molecule has 1 aliphatic heterocycles. The third-order valence-corrected chi connectivity index (χ3v) is 5.76. The quantitative estimate of drug-likeness (QED) is 0.383. The third kappa shape index (κ3) is 9.12. The van der Waals surface area contributed by atoms with E-state index in [-0.39, 0.29) is 24.5 Å². The molecule has 0 saturated carbocycles. The van der Waals surface area contributed by atoms with Gasteiger partial charge in [-0.25, -0.2) is 4.57 Å². The molecule has 150 valence electrons. The van der Waals surface area contributed by atoms with E-state index in [9.17, 15) is 18.9 Å². The molecule has 0 aromatic rings. The van der Waals surface area contributed by atoms with E-state index in [4.69, 9.17) is 13.6 Å². The second-order valence-electron chi connectivity index (χ2n) is 7.23.